The quantitative estimate of drug-likeness (QED) is 0.787. The van der Waals surface area contributed by atoms with Crippen molar-refractivity contribution >= 4 is 0 Å². The van der Waals surface area contributed by atoms with Crippen molar-refractivity contribution in [1.82, 2.24) is 5.32 Å². The third-order valence-electron chi connectivity index (χ3n) is 2.55. The predicted octanol–water partition coefficient (Wildman–Crippen LogP) is 3.04. The van der Waals surface area contributed by atoms with Gasteiger partial charge in [-0.15, -0.1) is 6.42 Å². The lowest BCUT2D eigenvalue weighted by Gasteiger charge is -2.18. The first-order valence-corrected chi connectivity index (χ1v) is 5.76. The number of benzene rings is 1. The van der Waals surface area contributed by atoms with E-state index in [-0.39, 0.29) is 17.7 Å². The van der Waals surface area contributed by atoms with Gasteiger partial charge in [0.25, 0.3) is 0 Å². The van der Waals surface area contributed by atoms with Gasteiger partial charge in [-0.25, -0.2) is 0 Å². The van der Waals surface area contributed by atoms with E-state index in [0.29, 0.717) is 12.1 Å². The van der Waals surface area contributed by atoms with Crippen LogP contribution in [-0.2, 0) is 6.54 Å². The Balaban J connectivity index is 2.70. The molecule has 0 aliphatic carbocycles. The Morgan fingerprint density at radius 1 is 1.33 bits per heavy atom. The van der Waals surface area contributed by atoms with Gasteiger partial charge in [0.1, 0.15) is 5.75 Å². The number of hydrogen-bond donors (Lipinski definition) is 1. The van der Waals surface area contributed by atoms with Gasteiger partial charge in [-0.3, -0.25) is 5.32 Å². The highest BCUT2D eigenvalue weighted by atomic mass is 19.3. The van der Waals surface area contributed by atoms with Crippen molar-refractivity contribution in [3.05, 3.63) is 29.8 Å². The maximum absolute atomic E-state index is 12.2. The summed E-state index contributed by atoms with van der Waals surface area (Å²) in [6.07, 6.45) is 5.39. The molecule has 0 bridgehead atoms. The van der Waals surface area contributed by atoms with Crippen LogP contribution in [0.4, 0.5) is 8.78 Å². The summed E-state index contributed by atoms with van der Waals surface area (Å²) in [5, 5.41) is 3.14. The minimum absolute atomic E-state index is 0.0930. The van der Waals surface area contributed by atoms with Gasteiger partial charge < -0.3 is 4.74 Å². The number of rotatable bonds is 6. The molecule has 1 aromatic rings. The maximum atomic E-state index is 12.2. The van der Waals surface area contributed by atoms with Crippen LogP contribution in [-0.4, -0.2) is 12.7 Å². The maximum Gasteiger partial charge on any atom is 0.387 e. The largest absolute Gasteiger partial charge is 0.434 e. The first kappa shape index (κ1) is 14.5. The molecule has 98 valence electrons. The number of halogens is 2. The van der Waals surface area contributed by atoms with Gasteiger partial charge in [0.2, 0.25) is 0 Å². The summed E-state index contributed by atoms with van der Waals surface area (Å²) in [6.45, 7) is 1.58. The third kappa shape index (κ3) is 4.34. The summed E-state index contributed by atoms with van der Waals surface area (Å²) >= 11 is 0. The Kier molecular flexibility index (Phi) is 5.60. The lowest BCUT2D eigenvalue weighted by atomic mass is 10.0. The molecular formula is C14H17F2NO. The van der Waals surface area contributed by atoms with Crippen LogP contribution in [0.25, 0.3) is 0 Å². The molecule has 1 rings (SSSR count). The van der Waals surface area contributed by atoms with E-state index in [1.165, 1.54) is 6.07 Å². The van der Waals surface area contributed by atoms with Crippen LogP contribution in [0.1, 0.15) is 19.4 Å². The van der Waals surface area contributed by atoms with Gasteiger partial charge in [-0.1, -0.05) is 38.0 Å². The molecule has 1 N–H and O–H groups in total. The fourth-order valence-electron chi connectivity index (χ4n) is 1.57. The van der Waals surface area contributed by atoms with Crippen LogP contribution in [0.2, 0.25) is 0 Å². The molecule has 0 saturated heterocycles. The number of para-hydroxylation sites is 1. The van der Waals surface area contributed by atoms with Gasteiger partial charge >= 0.3 is 6.61 Å². The van der Waals surface area contributed by atoms with Gasteiger partial charge in [0.15, 0.2) is 0 Å². The Bertz CT molecular complexity index is 413. The monoisotopic (exact) mass is 253 g/mol. The zero-order valence-electron chi connectivity index (χ0n) is 10.5. The zero-order valence-corrected chi connectivity index (χ0v) is 10.5. The van der Waals surface area contributed by atoms with Crippen molar-refractivity contribution in [1.29, 1.82) is 0 Å². The van der Waals surface area contributed by atoms with E-state index in [1.807, 2.05) is 13.8 Å². The molecule has 0 spiro atoms. The molecule has 0 aliphatic rings. The molecule has 0 heterocycles. The van der Waals surface area contributed by atoms with Crippen molar-refractivity contribution in [2.75, 3.05) is 0 Å². The van der Waals surface area contributed by atoms with E-state index in [4.69, 9.17) is 6.42 Å². The van der Waals surface area contributed by atoms with Crippen molar-refractivity contribution < 1.29 is 13.5 Å². The SMILES string of the molecule is C#CC(NCc1ccccc1OC(F)F)C(C)C. The normalized spacial score (nSPS) is 12.5. The van der Waals surface area contributed by atoms with E-state index in [9.17, 15) is 8.78 Å². The minimum Gasteiger partial charge on any atom is -0.434 e. The fraction of sp³-hybridized carbons (Fsp3) is 0.429. The average molecular weight is 253 g/mol. The van der Waals surface area contributed by atoms with Gasteiger partial charge in [-0.2, -0.15) is 8.78 Å². The summed E-state index contributed by atoms with van der Waals surface area (Å²) in [6, 6.07) is 6.59. The van der Waals surface area contributed by atoms with Crippen LogP contribution in [0.15, 0.2) is 24.3 Å². The van der Waals surface area contributed by atoms with E-state index in [0.717, 1.165) is 0 Å². The molecular weight excluding hydrogens is 236 g/mol. The molecule has 0 radical (unpaired) electrons. The number of nitrogens with one attached hydrogen (secondary N) is 1. The second-order valence-electron chi connectivity index (χ2n) is 4.26. The number of ether oxygens (including phenoxy) is 1. The molecule has 0 aliphatic heterocycles. The second kappa shape index (κ2) is 6.97. The molecule has 4 heteroatoms. The molecule has 0 fully saturated rings. The summed E-state index contributed by atoms with van der Waals surface area (Å²) < 4.78 is 28.9. The average Bonchev–Trinajstić information content (AvgIpc) is 2.30. The Morgan fingerprint density at radius 2 is 2.00 bits per heavy atom. The van der Waals surface area contributed by atoms with Gasteiger partial charge in [0.05, 0.1) is 6.04 Å². The summed E-state index contributed by atoms with van der Waals surface area (Å²) in [4.78, 5) is 0. The molecule has 2 nitrogen and oxygen atoms in total. The van der Waals surface area contributed by atoms with Gasteiger partial charge in [0, 0.05) is 12.1 Å². The number of alkyl halides is 2. The zero-order chi connectivity index (χ0) is 13.5. The standard InChI is InChI=1S/C14H17F2NO/c1-4-12(10(2)3)17-9-11-7-5-6-8-13(11)18-14(15)16/h1,5-8,10,12,14,17H,9H2,2-3H3. The van der Waals surface area contributed by atoms with Crippen molar-refractivity contribution in [3.8, 4) is 18.1 Å². The molecule has 1 atom stereocenters. The van der Waals surface area contributed by atoms with Crippen LogP contribution in [0.3, 0.4) is 0 Å². The minimum atomic E-state index is -2.82. The Labute approximate surface area is 106 Å². The summed E-state index contributed by atoms with van der Waals surface area (Å²) in [5.41, 5.74) is 0.665. The molecule has 0 amide bonds. The van der Waals surface area contributed by atoms with E-state index >= 15 is 0 Å². The van der Waals surface area contributed by atoms with E-state index in [2.05, 4.69) is 16.0 Å². The van der Waals surface area contributed by atoms with E-state index in [1.54, 1.807) is 18.2 Å². The first-order chi connectivity index (χ1) is 8.54. The first-order valence-electron chi connectivity index (χ1n) is 5.76. The van der Waals surface area contributed by atoms with Crippen molar-refractivity contribution in [3.63, 3.8) is 0 Å². The van der Waals surface area contributed by atoms with E-state index < -0.39 is 6.61 Å². The van der Waals surface area contributed by atoms with Crippen LogP contribution >= 0.6 is 0 Å². The number of hydrogen-bond acceptors (Lipinski definition) is 2. The fourth-order valence-corrected chi connectivity index (χ4v) is 1.57. The second-order valence-corrected chi connectivity index (χ2v) is 4.26. The molecule has 18 heavy (non-hydrogen) atoms. The van der Waals surface area contributed by atoms with Crippen LogP contribution < -0.4 is 10.1 Å². The Morgan fingerprint density at radius 3 is 2.56 bits per heavy atom. The summed E-state index contributed by atoms with van der Waals surface area (Å²) in [5.74, 6) is 3.09. The molecule has 1 unspecified atom stereocenters. The highest BCUT2D eigenvalue weighted by Crippen LogP contribution is 2.20. The highest BCUT2D eigenvalue weighted by Gasteiger charge is 2.12. The van der Waals surface area contributed by atoms with Crippen molar-refractivity contribution in [2.45, 2.75) is 33.0 Å². The molecule has 0 aromatic heterocycles. The van der Waals surface area contributed by atoms with Crippen LogP contribution in [0, 0.1) is 18.3 Å². The topological polar surface area (TPSA) is 21.3 Å². The number of terminal acetylenes is 1. The van der Waals surface area contributed by atoms with Gasteiger partial charge in [-0.05, 0) is 12.0 Å². The Hall–Kier alpha value is -1.60. The lowest BCUT2D eigenvalue weighted by Crippen LogP contribution is -2.31. The van der Waals surface area contributed by atoms with Crippen LogP contribution in [0.5, 0.6) is 5.75 Å². The summed E-state index contributed by atoms with van der Waals surface area (Å²) in [7, 11) is 0. The highest BCUT2D eigenvalue weighted by molar-refractivity contribution is 5.33. The van der Waals surface area contributed by atoms with Crippen molar-refractivity contribution in [2.24, 2.45) is 5.92 Å². The lowest BCUT2D eigenvalue weighted by molar-refractivity contribution is -0.0505. The predicted molar refractivity (Wildman–Crippen MR) is 67.4 cm³/mol. The molecule has 1 aromatic carbocycles. The smallest absolute Gasteiger partial charge is 0.387 e. The molecule has 0 saturated carbocycles. The third-order valence-corrected chi connectivity index (χ3v) is 2.55.